The van der Waals surface area contributed by atoms with Crippen LogP contribution in [0.2, 0.25) is 0 Å². The first-order valence-corrected chi connectivity index (χ1v) is 6.86. The molecule has 0 aliphatic heterocycles. The zero-order valence-corrected chi connectivity index (χ0v) is 11.5. The SMILES string of the molecule is NC(=O)Nc1cccc(NC2CCc3cc(O)ccc32)c1. The number of hydrogen-bond donors (Lipinski definition) is 4. The Kier molecular flexibility index (Phi) is 3.39. The van der Waals surface area contributed by atoms with Crippen LogP contribution in [0.25, 0.3) is 0 Å². The molecular formula is C16H17N3O2. The van der Waals surface area contributed by atoms with Gasteiger partial charge in [-0.25, -0.2) is 4.79 Å². The second kappa shape index (κ2) is 5.36. The van der Waals surface area contributed by atoms with Crippen molar-refractivity contribution < 1.29 is 9.90 Å². The summed E-state index contributed by atoms with van der Waals surface area (Å²) < 4.78 is 0. The van der Waals surface area contributed by atoms with Gasteiger partial charge in [0.25, 0.3) is 0 Å². The lowest BCUT2D eigenvalue weighted by atomic mass is 10.1. The number of rotatable bonds is 3. The van der Waals surface area contributed by atoms with Gasteiger partial charge in [-0.2, -0.15) is 0 Å². The van der Waals surface area contributed by atoms with E-state index in [4.69, 9.17) is 5.73 Å². The lowest BCUT2D eigenvalue weighted by Gasteiger charge is -2.16. The van der Waals surface area contributed by atoms with E-state index in [2.05, 4.69) is 10.6 Å². The van der Waals surface area contributed by atoms with E-state index in [0.717, 1.165) is 18.5 Å². The van der Waals surface area contributed by atoms with Gasteiger partial charge in [0.1, 0.15) is 5.75 Å². The molecule has 1 aliphatic carbocycles. The predicted molar refractivity (Wildman–Crippen MR) is 82.4 cm³/mol. The van der Waals surface area contributed by atoms with Crippen LogP contribution in [0, 0.1) is 0 Å². The lowest BCUT2D eigenvalue weighted by Crippen LogP contribution is -2.19. The summed E-state index contributed by atoms with van der Waals surface area (Å²) in [7, 11) is 0. The molecule has 1 unspecified atom stereocenters. The van der Waals surface area contributed by atoms with Gasteiger partial charge in [0.15, 0.2) is 0 Å². The Hall–Kier alpha value is -2.69. The van der Waals surface area contributed by atoms with Gasteiger partial charge in [-0.3, -0.25) is 0 Å². The number of fused-ring (bicyclic) bond motifs is 1. The fraction of sp³-hybridized carbons (Fsp3) is 0.188. The Morgan fingerprint density at radius 1 is 1.19 bits per heavy atom. The number of amides is 2. The third-order valence-corrected chi connectivity index (χ3v) is 3.68. The van der Waals surface area contributed by atoms with E-state index in [1.165, 1.54) is 11.1 Å². The first-order chi connectivity index (χ1) is 10.1. The van der Waals surface area contributed by atoms with Crippen LogP contribution in [0.3, 0.4) is 0 Å². The van der Waals surface area contributed by atoms with Gasteiger partial charge < -0.3 is 21.5 Å². The Morgan fingerprint density at radius 3 is 2.81 bits per heavy atom. The number of aryl methyl sites for hydroxylation is 1. The molecule has 0 spiro atoms. The molecule has 0 bridgehead atoms. The molecule has 5 heteroatoms. The number of aromatic hydroxyl groups is 1. The van der Waals surface area contributed by atoms with E-state index in [-0.39, 0.29) is 6.04 Å². The molecule has 2 aromatic carbocycles. The molecule has 0 saturated carbocycles. The minimum absolute atomic E-state index is 0.212. The summed E-state index contributed by atoms with van der Waals surface area (Å²) in [5.74, 6) is 0.307. The molecule has 5 nitrogen and oxygen atoms in total. The topological polar surface area (TPSA) is 87.4 Å². The summed E-state index contributed by atoms with van der Waals surface area (Å²) in [5.41, 5.74) is 9.10. The van der Waals surface area contributed by atoms with Crippen LogP contribution in [0.15, 0.2) is 42.5 Å². The smallest absolute Gasteiger partial charge is 0.316 e. The first kappa shape index (κ1) is 13.3. The third kappa shape index (κ3) is 2.91. The van der Waals surface area contributed by atoms with Gasteiger partial charge in [-0.1, -0.05) is 12.1 Å². The van der Waals surface area contributed by atoms with Gasteiger partial charge in [0.2, 0.25) is 0 Å². The monoisotopic (exact) mass is 283 g/mol. The third-order valence-electron chi connectivity index (χ3n) is 3.68. The Morgan fingerprint density at radius 2 is 2.00 bits per heavy atom. The molecule has 108 valence electrons. The molecule has 0 heterocycles. The highest BCUT2D eigenvalue weighted by molar-refractivity contribution is 5.88. The number of hydrogen-bond acceptors (Lipinski definition) is 3. The number of phenolic OH excluding ortho intramolecular Hbond substituents is 1. The summed E-state index contributed by atoms with van der Waals surface area (Å²) >= 11 is 0. The minimum atomic E-state index is -0.575. The molecule has 5 N–H and O–H groups in total. The van der Waals surface area contributed by atoms with Gasteiger partial charge >= 0.3 is 6.03 Å². The molecule has 0 fully saturated rings. The number of urea groups is 1. The van der Waals surface area contributed by atoms with Crippen molar-refractivity contribution in [3.8, 4) is 5.75 Å². The fourth-order valence-electron chi connectivity index (χ4n) is 2.78. The van der Waals surface area contributed by atoms with Crippen LogP contribution in [0.5, 0.6) is 5.75 Å². The number of nitrogens with one attached hydrogen (secondary N) is 2. The molecule has 2 amide bonds. The van der Waals surface area contributed by atoms with E-state index in [1.807, 2.05) is 30.3 Å². The number of benzene rings is 2. The number of carbonyl (C=O) groups excluding carboxylic acids is 1. The summed E-state index contributed by atoms with van der Waals surface area (Å²) in [6.45, 7) is 0. The zero-order valence-electron chi connectivity index (χ0n) is 11.5. The molecular weight excluding hydrogens is 266 g/mol. The van der Waals surface area contributed by atoms with Crippen LogP contribution >= 0.6 is 0 Å². The van der Waals surface area contributed by atoms with Gasteiger partial charge in [-0.15, -0.1) is 0 Å². The average Bonchev–Trinajstić information content (AvgIpc) is 2.80. The first-order valence-electron chi connectivity index (χ1n) is 6.86. The summed E-state index contributed by atoms with van der Waals surface area (Å²) in [4.78, 5) is 10.9. The number of primary amides is 1. The van der Waals surface area contributed by atoms with Crippen LogP contribution < -0.4 is 16.4 Å². The molecule has 2 aromatic rings. The normalized spacial score (nSPS) is 16.3. The van der Waals surface area contributed by atoms with Crippen LogP contribution in [-0.2, 0) is 6.42 Å². The van der Waals surface area contributed by atoms with Crippen LogP contribution in [0.1, 0.15) is 23.6 Å². The van der Waals surface area contributed by atoms with Crippen molar-refractivity contribution in [3.63, 3.8) is 0 Å². The van der Waals surface area contributed by atoms with Gasteiger partial charge in [0.05, 0.1) is 6.04 Å². The Labute approximate surface area is 122 Å². The highest BCUT2D eigenvalue weighted by Crippen LogP contribution is 2.35. The summed E-state index contributed by atoms with van der Waals surface area (Å²) in [5, 5.41) is 15.5. The highest BCUT2D eigenvalue weighted by Gasteiger charge is 2.22. The van der Waals surface area contributed by atoms with E-state index in [1.54, 1.807) is 12.1 Å². The number of anilines is 2. The van der Waals surface area contributed by atoms with Crippen molar-refractivity contribution in [2.75, 3.05) is 10.6 Å². The van der Waals surface area contributed by atoms with Gasteiger partial charge in [0, 0.05) is 11.4 Å². The van der Waals surface area contributed by atoms with Crippen molar-refractivity contribution >= 4 is 17.4 Å². The Balaban J connectivity index is 1.78. The molecule has 3 rings (SSSR count). The molecule has 0 aromatic heterocycles. The maximum Gasteiger partial charge on any atom is 0.316 e. The predicted octanol–water partition coefficient (Wildman–Crippen LogP) is 2.98. The second-order valence-electron chi connectivity index (χ2n) is 5.19. The fourth-order valence-corrected chi connectivity index (χ4v) is 2.78. The standard InChI is InChI=1S/C16H17N3O2/c17-16(21)19-12-3-1-2-11(9-12)18-15-7-4-10-8-13(20)5-6-14(10)15/h1-3,5-6,8-9,15,18,20H,4,7H2,(H3,17,19,21). The molecule has 1 atom stereocenters. The highest BCUT2D eigenvalue weighted by atomic mass is 16.3. The largest absolute Gasteiger partial charge is 0.508 e. The van der Waals surface area contributed by atoms with Crippen molar-refractivity contribution in [3.05, 3.63) is 53.6 Å². The van der Waals surface area contributed by atoms with Crippen molar-refractivity contribution in [2.45, 2.75) is 18.9 Å². The van der Waals surface area contributed by atoms with Crippen molar-refractivity contribution in [1.82, 2.24) is 0 Å². The summed E-state index contributed by atoms with van der Waals surface area (Å²) in [6, 6.07) is 12.6. The lowest BCUT2D eigenvalue weighted by molar-refractivity contribution is 0.259. The number of carbonyl (C=O) groups is 1. The molecule has 21 heavy (non-hydrogen) atoms. The maximum absolute atomic E-state index is 10.9. The second-order valence-corrected chi connectivity index (χ2v) is 5.19. The average molecular weight is 283 g/mol. The van der Waals surface area contributed by atoms with Gasteiger partial charge in [-0.05, 0) is 54.3 Å². The maximum atomic E-state index is 10.9. The Bertz CT molecular complexity index is 685. The number of nitrogens with two attached hydrogens (primary N) is 1. The van der Waals surface area contributed by atoms with Crippen molar-refractivity contribution in [1.29, 1.82) is 0 Å². The van der Waals surface area contributed by atoms with E-state index >= 15 is 0 Å². The minimum Gasteiger partial charge on any atom is -0.508 e. The number of phenols is 1. The summed E-state index contributed by atoms with van der Waals surface area (Å²) in [6.07, 6.45) is 1.92. The van der Waals surface area contributed by atoms with Crippen LogP contribution in [-0.4, -0.2) is 11.1 Å². The van der Waals surface area contributed by atoms with E-state index < -0.39 is 6.03 Å². The van der Waals surface area contributed by atoms with Crippen LogP contribution in [0.4, 0.5) is 16.2 Å². The van der Waals surface area contributed by atoms with Crippen molar-refractivity contribution in [2.24, 2.45) is 5.73 Å². The van der Waals surface area contributed by atoms with E-state index in [0.29, 0.717) is 11.4 Å². The molecule has 1 aliphatic rings. The van der Waals surface area contributed by atoms with E-state index in [9.17, 15) is 9.90 Å². The quantitative estimate of drug-likeness (QED) is 0.698. The molecule has 0 radical (unpaired) electrons. The zero-order chi connectivity index (χ0) is 14.8. The molecule has 0 saturated heterocycles.